The number of non-ortho nitro benzene ring substituents is 1. The molecule has 2 aliphatic rings. The minimum absolute atomic E-state index is 0.0107. The van der Waals surface area contributed by atoms with Gasteiger partial charge >= 0.3 is 0 Å². The van der Waals surface area contributed by atoms with Gasteiger partial charge < -0.3 is 24.7 Å². The highest BCUT2D eigenvalue weighted by molar-refractivity contribution is 9.10. The number of halogens is 1. The van der Waals surface area contributed by atoms with Crippen LogP contribution in [0.3, 0.4) is 0 Å². The Labute approximate surface area is 202 Å². The van der Waals surface area contributed by atoms with Crippen LogP contribution in [0.15, 0.2) is 70.5 Å². The third-order valence-corrected chi connectivity index (χ3v) is 6.00. The first-order valence-corrected chi connectivity index (χ1v) is 10.9. The number of nitrogens with two attached hydrogens (primary N) is 1. The first-order chi connectivity index (χ1) is 16.4. The third kappa shape index (κ3) is 3.86. The lowest BCUT2D eigenvalue weighted by atomic mass is 9.83. The molecule has 0 unspecified atom stereocenters. The quantitative estimate of drug-likeness (QED) is 0.371. The number of hydrogen-bond donors (Lipinski definition) is 1. The Balaban J connectivity index is 1.57. The fraction of sp³-hybridized carbons (Fsp3) is 0.125. The molecule has 1 atom stereocenters. The van der Waals surface area contributed by atoms with E-state index in [1.165, 1.54) is 12.1 Å². The minimum Gasteiger partial charge on any atom is -0.489 e. The van der Waals surface area contributed by atoms with E-state index in [2.05, 4.69) is 22.0 Å². The van der Waals surface area contributed by atoms with E-state index in [1.807, 2.05) is 12.1 Å². The van der Waals surface area contributed by atoms with E-state index in [4.69, 9.17) is 24.7 Å². The van der Waals surface area contributed by atoms with Gasteiger partial charge in [-0.1, -0.05) is 28.1 Å². The topological polar surface area (TPSA) is 130 Å². The number of nitrogens with zero attached hydrogens (tertiary/aromatic N) is 2. The maximum atomic E-state index is 11.1. The Hall–Kier alpha value is -4.23. The summed E-state index contributed by atoms with van der Waals surface area (Å²) in [5.41, 5.74) is 8.31. The maximum Gasteiger partial charge on any atom is 0.269 e. The van der Waals surface area contributed by atoms with Gasteiger partial charge in [-0.15, -0.1) is 0 Å². The van der Waals surface area contributed by atoms with Crippen LogP contribution in [0.25, 0.3) is 0 Å². The Bertz CT molecular complexity index is 1400. The average molecular weight is 522 g/mol. The molecule has 0 spiro atoms. The predicted molar refractivity (Wildman–Crippen MR) is 123 cm³/mol. The van der Waals surface area contributed by atoms with E-state index >= 15 is 0 Å². The van der Waals surface area contributed by atoms with E-state index in [9.17, 15) is 15.4 Å². The summed E-state index contributed by atoms with van der Waals surface area (Å²) in [6.07, 6.45) is 0. The van der Waals surface area contributed by atoms with Crippen LogP contribution in [-0.2, 0) is 6.61 Å². The molecule has 9 nitrogen and oxygen atoms in total. The lowest BCUT2D eigenvalue weighted by Crippen LogP contribution is -2.21. The summed E-state index contributed by atoms with van der Waals surface area (Å²) in [6, 6.07) is 17.3. The molecule has 0 amide bonds. The summed E-state index contributed by atoms with van der Waals surface area (Å²) in [5.74, 6) is 1.41. The van der Waals surface area contributed by atoms with Gasteiger partial charge in [-0.25, -0.2) is 0 Å². The van der Waals surface area contributed by atoms with Crippen LogP contribution in [0.2, 0.25) is 0 Å². The lowest BCUT2D eigenvalue weighted by molar-refractivity contribution is -0.384. The van der Waals surface area contributed by atoms with Crippen molar-refractivity contribution >= 4 is 21.6 Å². The molecule has 2 aliphatic heterocycles. The summed E-state index contributed by atoms with van der Waals surface area (Å²) in [7, 11) is 0. The summed E-state index contributed by atoms with van der Waals surface area (Å²) >= 11 is 3.49. The summed E-state index contributed by atoms with van der Waals surface area (Å²) in [6.45, 7) is 0.181. The lowest BCUT2D eigenvalue weighted by Gasteiger charge is -2.28. The van der Waals surface area contributed by atoms with Gasteiger partial charge in [0.05, 0.1) is 10.8 Å². The molecule has 0 saturated heterocycles. The fourth-order valence-electron chi connectivity index (χ4n) is 3.96. The number of hydrogen-bond acceptors (Lipinski definition) is 8. The molecular weight excluding hydrogens is 506 g/mol. The van der Waals surface area contributed by atoms with Gasteiger partial charge in [0.15, 0.2) is 11.5 Å². The van der Waals surface area contributed by atoms with Crippen LogP contribution in [0, 0.1) is 21.4 Å². The number of nitriles is 1. The van der Waals surface area contributed by atoms with E-state index < -0.39 is 10.8 Å². The van der Waals surface area contributed by atoms with Crippen molar-refractivity contribution in [3.8, 4) is 29.1 Å². The second kappa shape index (κ2) is 8.61. The number of fused-ring (bicyclic) bond motifs is 2. The van der Waals surface area contributed by atoms with Crippen molar-refractivity contribution in [3.05, 3.63) is 97.3 Å². The van der Waals surface area contributed by atoms with Crippen molar-refractivity contribution in [1.82, 2.24) is 0 Å². The molecule has 0 aliphatic carbocycles. The third-order valence-electron chi connectivity index (χ3n) is 5.51. The Morgan fingerprint density at radius 1 is 1.12 bits per heavy atom. The first-order valence-electron chi connectivity index (χ1n) is 10.1. The number of ether oxygens (including phenoxy) is 4. The van der Waals surface area contributed by atoms with Gasteiger partial charge in [0, 0.05) is 33.8 Å². The molecule has 0 bridgehead atoms. The summed E-state index contributed by atoms with van der Waals surface area (Å²) in [5, 5.41) is 21.0. The molecule has 0 radical (unpaired) electrons. The number of allylic oxidation sites excluding steroid dienone is 1. The Morgan fingerprint density at radius 3 is 2.68 bits per heavy atom. The zero-order valence-electron chi connectivity index (χ0n) is 17.5. The second-order valence-electron chi connectivity index (χ2n) is 7.57. The molecule has 0 aromatic heterocycles. The van der Waals surface area contributed by atoms with E-state index in [0.717, 1.165) is 4.47 Å². The zero-order chi connectivity index (χ0) is 23.8. The van der Waals surface area contributed by atoms with Gasteiger partial charge in [-0.05, 0) is 29.8 Å². The molecule has 5 rings (SSSR count). The van der Waals surface area contributed by atoms with Crippen LogP contribution < -0.4 is 24.7 Å². The summed E-state index contributed by atoms with van der Waals surface area (Å²) < 4.78 is 23.6. The van der Waals surface area contributed by atoms with Crippen molar-refractivity contribution in [2.45, 2.75) is 12.5 Å². The molecule has 0 fully saturated rings. The van der Waals surface area contributed by atoms with E-state index in [1.54, 1.807) is 30.3 Å². The van der Waals surface area contributed by atoms with Crippen LogP contribution in [0.5, 0.6) is 23.0 Å². The normalized spacial score (nSPS) is 15.8. The smallest absolute Gasteiger partial charge is 0.269 e. The number of nitro benzene ring substituents is 1. The molecule has 170 valence electrons. The number of nitro groups is 1. The molecule has 3 aromatic carbocycles. The van der Waals surface area contributed by atoms with Crippen molar-refractivity contribution in [3.63, 3.8) is 0 Å². The summed E-state index contributed by atoms with van der Waals surface area (Å²) in [4.78, 5) is 10.7. The molecule has 2 heterocycles. The van der Waals surface area contributed by atoms with Gasteiger partial charge in [-0.3, -0.25) is 10.1 Å². The van der Waals surface area contributed by atoms with Crippen molar-refractivity contribution in [2.75, 3.05) is 6.79 Å². The maximum absolute atomic E-state index is 11.1. The van der Waals surface area contributed by atoms with Crippen LogP contribution >= 0.6 is 15.9 Å². The van der Waals surface area contributed by atoms with Crippen LogP contribution in [0.4, 0.5) is 5.69 Å². The van der Waals surface area contributed by atoms with Crippen molar-refractivity contribution in [2.24, 2.45) is 5.73 Å². The minimum atomic E-state index is -0.596. The van der Waals surface area contributed by atoms with Gasteiger partial charge in [0.25, 0.3) is 5.69 Å². The van der Waals surface area contributed by atoms with Crippen molar-refractivity contribution in [1.29, 1.82) is 5.26 Å². The highest BCUT2D eigenvalue weighted by atomic mass is 79.9. The highest BCUT2D eigenvalue weighted by Crippen LogP contribution is 2.49. The van der Waals surface area contributed by atoms with E-state index in [-0.39, 0.29) is 30.5 Å². The standard InChI is InChI=1S/C24H16BrN3O6/c25-14-4-5-19(31-11-13-2-1-3-15(6-13)28(29)30)16(7-14)23-17-8-21-22(33-12-32-21)9-20(17)34-24(27)18(23)10-26/h1-9,23H,11-12,27H2/t23-/m0/s1. The largest absolute Gasteiger partial charge is 0.489 e. The van der Waals surface area contributed by atoms with Gasteiger partial charge in [0.1, 0.15) is 29.7 Å². The molecule has 2 N–H and O–H groups in total. The number of rotatable bonds is 5. The first kappa shape index (κ1) is 21.6. The highest BCUT2D eigenvalue weighted by Gasteiger charge is 2.35. The Kier molecular flexibility index (Phi) is 5.47. The van der Waals surface area contributed by atoms with Crippen molar-refractivity contribution < 1.29 is 23.9 Å². The molecule has 10 heteroatoms. The monoisotopic (exact) mass is 521 g/mol. The van der Waals surface area contributed by atoms with E-state index in [0.29, 0.717) is 39.7 Å². The van der Waals surface area contributed by atoms with Gasteiger partial charge in [-0.2, -0.15) is 5.26 Å². The zero-order valence-corrected chi connectivity index (χ0v) is 19.1. The molecule has 3 aromatic rings. The second-order valence-corrected chi connectivity index (χ2v) is 8.48. The molecule has 34 heavy (non-hydrogen) atoms. The Morgan fingerprint density at radius 2 is 1.91 bits per heavy atom. The fourth-order valence-corrected chi connectivity index (χ4v) is 4.34. The van der Waals surface area contributed by atoms with Gasteiger partial charge in [0.2, 0.25) is 12.7 Å². The average Bonchev–Trinajstić information content (AvgIpc) is 3.28. The SMILES string of the molecule is N#CC1=C(N)Oc2cc3c(cc2[C@@H]1c1cc(Br)ccc1OCc1cccc([N+](=O)[O-])c1)OCO3. The van der Waals surface area contributed by atoms with Crippen LogP contribution in [0.1, 0.15) is 22.6 Å². The number of benzene rings is 3. The molecular formula is C24H16BrN3O6. The van der Waals surface area contributed by atoms with Crippen LogP contribution in [-0.4, -0.2) is 11.7 Å². The molecule has 0 saturated carbocycles. The predicted octanol–water partition coefficient (Wildman–Crippen LogP) is 4.88.